The van der Waals surface area contributed by atoms with Crippen molar-refractivity contribution < 1.29 is 9.59 Å². The van der Waals surface area contributed by atoms with Crippen molar-refractivity contribution in [3.8, 4) is 0 Å². The smallest absolute Gasteiger partial charge is 0.223 e. The van der Waals surface area contributed by atoms with E-state index in [2.05, 4.69) is 0 Å². The molecule has 17 heavy (non-hydrogen) atoms. The number of primary amides is 1. The zero-order chi connectivity index (χ0) is 12.3. The zero-order valence-corrected chi connectivity index (χ0v) is 10.4. The average Bonchev–Trinajstić information content (AvgIpc) is 2.35. The minimum absolute atomic E-state index is 0.125. The lowest BCUT2D eigenvalue weighted by molar-refractivity contribution is -0.138. The highest BCUT2D eigenvalue weighted by atomic mass is 16.2. The van der Waals surface area contributed by atoms with Crippen molar-refractivity contribution in [3.05, 3.63) is 0 Å². The topological polar surface area (TPSA) is 63.4 Å². The van der Waals surface area contributed by atoms with Gasteiger partial charge in [0.15, 0.2) is 0 Å². The Hall–Kier alpha value is -1.06. The summed E-state index contributed by atoms with van der Waals surface area (Å²) in [7, 11) is 0. The van der Waals surface area contributed by atoms with E-state index >= 15 is 0 Å². The fourth-order valence-corrected chi connectivity index (χ4v) is 3.31. The van der Waals surface area contributed by atoms with Crippen LogP contribution in [-0.2, 0) is 9.59 Å². The third kappa shape index (κ3) is 2.99. The second-order valence-electron chi connectivity index (χ2n) is 5.31. The van der Waals surface area contributed by atoms with E-state index in [-0.39, 0.29) is 18.2 Å². The fraction of sp³-hybridized carbons (Fsp3) is 0.846. The fourth-order valence-electron chi connectivity index (χ4n) is 3.31. The van der Waals surface area contributed by atoms with Crippen molar-refractivity contribution in [1.82, 2.24) is 4.90 Å². The molecule has 2 amide bonds. The van der Waals surface area contributed by atoms with Crippen LogP contribution in [0.15, 0.2) is 0 Å². The summed E-state index contributed by atoms with van der Waals surface area (Å²) in [5.74, 6) is 0.450. The van der Waals surface area contributed by atoms with Crippen LogP contribution in [0.25, 0.3) is 0 Å². The van der Waals surface area contributed by atoms with E-state index in [0.717, 1.165) is 19.4 Å². The monoisotopic (exact) mass is 238 g/mol. The van der Waals surface area contributed by atoms with Gasteiger partial charge in [-0.05, 0) is 31.6 Å². The number of fused-ring (bicyclic) bond motifs is 1. The molecule has 96 valence electrons. The van der Waals surface area contributed by atoms with Gasteiger partial charge in [0.25, 0.3) is 0 Å². The molecule has 2 aliphatic rings. The first-order chi connectivity index (χ1) is 8.18. The van der Waals surface area contributed by atoms with Gasteiger partial charge in [0, 0.05) is 25.4 Å². The molecule has 0 radical (unpaired) electrons. The highest BCUT2D eigenvalue weighted by molar-refractivity contribution is 5.83. The van der Waals surface area contributed by atoms with Crippen LogP contribution in [0.2, 0.25) is 0 Å². The molecule has 0 spiro atoms. The third-order valence-electron chi connectivity index (χ3n) is 4.15. The van der Waals surface area contributed by atoms with Gasteiger partial charge in [-0.25, -0.2) is 0 Å². The second kappa shape index (κ2) is 5.52. The molecule has 2 unspecified atom stereocenters. The predicted octanol–water partition coefficient (Wildman–Crippen LogP) is 1.43. The van der Waals surface area contributed by atoms with Crippen LogP contribution in [0.5, 0.6) is 0 Å². The minimum Gasteiger partial charge on any atom is -0.370 e. The highest BCUT2D eigenvalue weighted by Crippen LogP contribution is 2.35. The van der Waals surface area contributed by atoms with Crippen LogP contribution >= 0.6 is 0 Å². The molecule has 4 heteroatoms. The summed E-state index contributed by atoms with van der Waals surface area (Å²) in [5.41, 5.74) is 5.09. The molecule has 2 N–H and O–H groups in total. The Morgan fingerprint density at radius 2 is 1.76 bits per heavy atom. The molecular formula is C13H22N2O2. The Labute approximate surface area is 103 Å². The molecule has 1 aliphatic heterocycles. The van der Waals surface area contributed by atoms with E-state index in [1.807, 2.05) is 4.90 Å². The first-order valence-corrected chi connectivity index (χ1v) is 6.76. The van der Waals surface area contributed by atoms with Crippen molar-refractivity contribution in [3.63, 3.8) is 0 Å². The number of carbonyl (C=O) groups is 2. The van der Waals surface area contributed by atoms with Gasteiger partial charge in [0.1, 0.15) is 0 Å². The lowest BCUT2D eigenvalue weighted by Gasteiger charge is -2.44. The van der Waals surface area contributed by atoms with Gasteiger partial charge in [-0.3, -0.25) is 9.59 Å². The van der Waals surface area contributed by atoms with Crippen LogP contribution in [-0.4, -0.2) is 29.3 Å². The van der Waals surface area contributed by atoms with Crippen LogP contribution in [0.4, 0.5) is 0 Å². The van der Waals surface area contributed by atoms with Gasteiger partial charge in [-0.15, -0.1) is 0 Å². The zero-order valence-electron chi connectivity index (χ0n) is 10.4. The van der Waals surface area contributed by atoms with E-state index in [9.17, 15) is 9.59 Å². The van der Waals surface area contributed by atoms with Crippen molar-refractivity contribution in [2.45, 2.75) is 57.4 Å². The van der Waals surface area contributed by atoms with Gasteiger partial charge in [0.2, 0.25) is 11.8 Å². The van der Waals surface area contributed by atoms with Crippen molar-refractivity contribution >= 4 is 11.8 Å². The molecule has 1 heterocycles. The van der Waals surface area contributed by atoms with E-state index < -0.39 is 0 Å². The second-order valence-corrected chi connectivity index (χ2v) is 5.31. The quantitative estimate of drug-likeness (QED) is 0.808. The standard InChI is InChI=1S/C13H22N2O2/c14-12(16)7-8-13(17)15-9-3-5-10-4-1-2-6-11(10)15/h10-11H,1-9H2,(H2,14,16). The van der Waals surface area contributed by atoms with Crippen LogP contribution in [0.1, 0.15) is 51.4 Å². The molecule has 1 saturated heterocycles. The average molecular weight is 238 g/mol. The van der Waals surface area contributed by atoms with Crippen molar-refractivity contribution in [1.29, 1.82) is 0 Å². The Kier molecular flexibility index (Phi) is 4.02. The minimum atomic E-state index is -0.379. The van der Waals surface area contributed by atoms with Crippen molar-refractivity contribution in [2.75, 3.05) is 6.54 Å². The summed E-state index contributed by atoms with van der Waals surface area (Å²) in [4.78, 5) is 24.8. The number of likely N-dealkylation sites (tertiary alicyclic amines) is 1. The molecule has 0 bridgehead atoms. The number of amides is 2. The van der Waals surface area contributed by atoms with Gasteiger partial charge >= 0.3 is 0 Å². The molecule has 2 atom stereocenters. The molecule has 1 aliphatic carbocycles. The van der Waals surface area contributed by atoms with E-state index in [0.29, 0.717) is 18.4 Å². The Bertz CT molecular complexity index is 302. The van der Waals surface area contributed by atoms with Crippen LogP contribution in [0, 0.1) is 5.92 Å². The van der Waals surface area contributed by atoms with E-state index in [4.69, 9.17) is 5.73 Å². The van der Waals surface area contributed by atoms with Gasteiger partial charge < -0.3 is 10.6 Å². The predicted molar refractivity (Wildman–Crippen MR) is 65.1 cm³/mol. The molecule has 4 nitrogen and oxygen atoms in total. The molecule has 2 fully saturated rings. The first-order valence-electron chi connectivity index (χ1n) is 6.76. The number of rotatable bonds is 3. The number of carbonyl (C=O) groups excluding carboxylic acids is 2. The van der Waals surface area contributed by atoms with Crippen LogP contribution < -0.4 is 5.73 Å². The van der Waals surface area contributed by atoms with Gasteiger partial charge in [-0.1, -0.05) is 12.8 Å². The summed E-state index contributed by atoms with van der Waals surface area (Å²) in [6.07, 6.45) is 7.82. The third-order valence-corrected chi connectivity index (χ3v) is 4.15. The summed E-state index contributed by atoms with van der Waals surface area (Å²) in [5, 5.41) is 0. The summed E-state index contributed by atoms with van der Waals surface area (Å²) >= 11 is 0. The number of nitrogens with zero attached hydrogens (tertiary/aromatic N) is 1. The highest BCUT2D eigenvalue weighted by Gasteiger charge is 2.35. The maximum Gasteiger partial charge on any atom is 0.223 e. The van der Waals surface area contributed by atoms with E-state index in [1.165, 1.54) is 25.7 Å². The molecule has 0 aromatic rings. The lowest BCUT2D eigenvalue weighted by atomic mass is 9.78. The molecule has 1 saturated carbocycles. The first kappa shape index (κ1) is 12.4. The van der Waals surface area contributed by atoms with Gasteiger partial charge in [-0.2, -0.15) is 0 Å². The molecule has 0 aromatic carbocycles. The maximum absolute atomic E-state index is 12.1. The Balaban J connectivity index is 1.93. The number of piperidine rings is 1. The van der Waals surface area contributed by atoms with Gasteiger partial charge in [0.05, 0.1) is 0 Å². The summed E-state index contributed by atoms with van der Waals surface area (Å²) in [6, 6.07) is 0.442. The largest absolute Gasteiger partial charge is 0.370 e. The molecular weight excluding hydrogens is 216 g/mol. The molecule has 0 aromatic heterocycles. The lowest BCUT2D eigenvalue weighted by Crippen LogP contribution is -2.49. The van der Waals surface area contributed by atoms with E-state index in [1.54, 1.807) is 0 Å². The van der Waals surface area contributed by atoms with Crippen LogP contribution in [0.3, 0.4) is 0 Å². The Morgan fingerprint density at radius 1 is 1.06 bits per heavy atom. The normalized spacial score (nSPS) is 28.6. The summed E-state index contributed by atoms with van der Waals surface area (Å²) in [6.45, 7) is 0.874. The number of hydrogen-bond acceptors (Lipinski definition) is 2. The SMILES string of the molecule is NC(=O)CCC(=O)N1CCCC2CCCCC21. The Morgan fingerprint density at radius 3 is 2.53 bits per heavy atom. The van der Waals surface area contributed by atoms with Crippen molar-refractivity contribution in [2.24, 2.45) is 11.7 Å². The maximum atomic E-state index is 12.1. The number of nitrogens with two attached hydrogens (primary N) is 1. The molecule has 2 rings (SSSR count). The number of hydrogen-bond donors (Lipinski definition) is 1. The summed E-state index contributed by atoms with van der Waals surface area (Å²) < 4.78 is 0.